The van der Waals surface area contributed by atoms with E-state index in [-0.39, 0.29) is 11.9 Å². The van der Waals surface area contributed by atoms with E-state index in [0.717, 1.165) is 69.7 Å². The van der Waals surface area contributed by atoms with Gasteiger partial charge in [0.2, 0.25) is 5.88 Å². The summed E-state index contributed by atoms with van der Waals surface area (Å²) in [7, 11) is 1.46. The van der Waals surface area contributed by atoms with Gasteiger partial charge in [-0.2, -0.15) is 0 Å². The number of carbonyl (C=O) groups excluding carboxylic acids is 1. The van der Waals surface area contributed by atoms with Crippen molar-refractivity contribution in [1.29, 1.82) is 0 Å². The van der Waals surface area contributed by atoms with Crippen LogP contribution in [0.25, 0.3) is 44.8 Å². The molecule has 0 fully saturated rings. The largest absolute Gasteiger partial charge is 0.478 e. The second-order valence-corrected chi connectivity index (χ2v) is 13.3. The van der Waals surface area contributed by atoms with Crippen LogP contribution in [0.2, 0.25) is 0 Å². The number of aromatic nitrogens is 2. The van der Waals surface area contributed by atoms with Gasteiger partial charge in [0.05, 0.1) is 30.5 Å². The molecule has 0 aliphatic rings. The van der Waals surface area contributed by atoms with Gasteiger partial charge in [-0.15, -0.1) is 0 Å². The summed E-state index contributed by atoms with van der Waals surface area (Å²) in [6.45, 7) is 4.37. The normalized spacial score (nSPS) is 11.9. The third kappa shape index (κ3) is 8.72. The highest BCUT2D eigenvalue weighted by Gasteiger charge is 2.29. The molecule has 6 rings (SSSR count). The molecule has 0 radical (unpaired) electrons. The first-order chi connectivity index (χ1) is 24.4. The Hall–Kier alpha value is -5.55. The Bertz CT molecular complexity index is 1860. The minimum absolute atomic E-state index is 0.0838. The van der Waals surface area contributed by atoms with E-state index in [1.165, 1.54) is 7.11 Å². The second kappa shape index (κ2) is 16.2. The first-order valence-corrected chi connectivity index (χ1v) is 17.4. The fraction of sp³-hybridized carbons (Fsp3) is 0.222. The van der Waals surface area contributed by atoms with Crippen molar-refractivity contribution in [3.63, 3.8) is 0 Å². The Morgan fingerprint density at radius 3 is 1.60 bits per heavy atom. The van der Waals surface area contributed by atoms with Gasteiger partial charge >= 0.3 is 5.97 Å². The molecule has 50 heavy (non-hydrogen) atoms. The van der Waals surface area contributed by atoms with Crippen LogP contribution in [0.15, 0.2) is 146 Å². The summed E-state index contributed by atoms with van der Waals surface area (Å²) in [4.78, 5) is 22.7. The van der Waals surface area contributed by atoms with Crippen molar-refractivity contribution in [3.05, 3.63) is 151 Å². The molecule has 0 N–H and O–H groups in total. The van der Waals surface area contributed by atoms with Crippen LogP contribution in [-0.4, -0.2) is 29.7 Å². The molecular formula is C45H44N2O3. The van der Waals surface area contributed by atoms with Crippen LogP contribution in [0.1, 0.15) is 51.1 Å². The van der Waals surface area contributed by atoms with Crippen molar-refractivity contribution in [3.8, 4) is 50.6 Å². The molecule has 1 atom stereocenters. The first-order valence-electron chi connectivity index (χ1n) is 17.4. The molecule has 2 heterocycles. The number of esters is 1. The summed E-state index contributed by atoms with van der Waals surface area (Å²) in [5.41, 5.74) is 8.80. The Morgan fingerprint density at radius 2 is 1.08 bits per heavy atom. The van der Waals surface area contributed by atoms with Gasteiger partial charge < -0.3 is 9.47 Å². The van der Waals surface area contributed by atoms with Gasteiger partial charge in [0.15, 0.2) is 0 Å². The SMILES string of the molecule is COC(=O)C(C)(C)CCCC(CCOc1cc(-c2ccccc2)cc(-c2ccccc2)n1)c1cc(-c2ccccc2)cc(-c2ccccc2)n1. The molecule has 0 spiro atoms. The fourth-order valence-electron chi connectivity index (χ4n) is 6.36. The maximum Gasteiger partial charge on any atom is 0.311 e. The molecule has 5 heteroatoms. The summed E-state index contributed by atoms with van der Waals surface area (Å²) >= 11 is 0. The predicted molar refractivity (Wildman–Crippen MR) is 203 cm³/mol. The smallest absolute Gasteiger partial charge is 0.311 e. The Balaban J connectivity index is 1.31. The molecule has 5 nitrogen and oxygen atoms in total. The van der Waals surface area contributed by atoms with E-state index in [1.807, 2.05) is 80.6 Å². The highest BCUT2D eigenvalue weighted by atomic mass is 16.5. The zero-order chi connectivity index (χ0) is 34.8. The molecule has 0 saturated heterocycles. The van der Waals surface area contributed by atoms with E-state index in [2.05, 4.69) is 78.9 Å². The topological polar surface area (TPSA) is 61.3 Å². The Kier molecular flexibility index (Phi) is 11.1. The molecule has 0 saturated carbocycles. The van der Waals surface area contributed by atoms with Crippen molar-refractivity contribution >= 4 is 5.97 Å². The number of hydrogen-bond acceptors (Lipinski definition) is 5. The fourth-order valence-corrected chi connectivity index (χ4v) is 6.36. The highest BCUT2D eigenvalue weighted by molar-refractivity contribution is 5.76. The van der Waals surface area contributed by atoms with Gasteiger partial charge in [-0.05, 0) is 73.6 Å². The lowest BCUT2D eigenvalue weighted by molar-refractivity contribution is -0.151. The third-order valence-corrected chi connectivity index (χ3v) is 9.23. The van der Waals surface area contributed by atoms with Crippen LogP contribution in [0.5, 0.6) is 5.88 Å². The van der Waals surface area contributed by atoms with E-state index >= 15 is 0 Å². The molecule has 0 amide bonds. The van der Waals surface area contributed by atoms with Crippen molar-refractivity contribution in [1.82, 2.24) is 9.97 Å². The van der Waals surface area contributed by atoms with Gasteiger partial charge in [0.1, 0.15) is 0 Å². The maximum absolute atomic E-state index is 12.5. The molecule has 2 aromatic heterocycles. The Labute approximate surface area is 296 Å². The van der Waals surface area contributed by atoms with E-state index in [9.17, 15) is 4.79 Å². The van der Waals surface area contributed by atoms with Gasteiger partial charge in [-0.1, -0.05) is 128 Å². The number of rotatable bonds is 14. The molecular weight excluding hydrogens is 617 g/mol. The van der Waals surface area contributed by atoms with Gasteiger partial charge in [-0.3, -0.25) is 9.78 Å². The van der Waals surface area contributed by atoms with E-state index < -0.39 is 5.41 Å². The highest BCUT2D eigenvalue weighted by Crippen LogP contribution is 2.35. The second-order valence-electron chi connectivity index (χ2n) is 13.3. The van der Waals surface area contributed by atoms with E-state index in [1.54, 1.807) is 0 Å². The molecule has 6 aromatic rings. The molecule has 0 aliphatic carbocycles. The average Bonchev–Trinajstić information content (AvgIpc) is 3.18. The zero-order valence-electron chi connectivity index (χ0n) is 29.1. The minimum atomic E-state index is -0.569. The van der Waals surface area contributed by atoms with Crippen LogP contribution < -0.4 is 4.74 Å². The lowest BCUT2D eigenvalue weighted by Gasteiger charge is -2.24. The van der Waals surface area contributed by atoms with Crippen molar-refractivity contribution < 1.29 is 14.3 Å². The number of benzene rings is 4. The van der Waals surface area contributed by atoms with Gasteiger partial charge in [-0.25, -0.2) is 4.98 Å². The van der Waals surface area contributed by atoms with Crippen molar-refractivity contribution in [2.24, 2.45) is 5.41 Å². The van der Waals surface area contributed by atoms with Crippen molar-refractivity contribution in [2.45, 2.75) is 45.4 Å². The number of ether oxygens (including phenoxy) is 2. The molecule has 4 aromatic carbocycles. The van der Waals surface area contributed by atoms with E-state index in [0.29, 0.717) is 18.9 Å². The van der Waals surface area contributed by atoms with Crippen molar-refractivity contribution in [2.75, 3.05) is 13.7 Å². The van der Waals surface area contributed by atoms with Crippen LogP contribution >= 0.6 is 0 Å². The summed E-state index contributed by atoms with van der Waals surface area (Å²) in [6.07, 6.45) is 3.12. The van der Waals surface area contributed by atoms with E-state index in [4.69, 9.17) is 19.4 Å². The first kappa shape index (κ1) is 34.3. The molecule has 252 valence electrons. The van der Waals surface area contributed by atoms with Crippen LogP contribution in [0.4, 0.5) is 0 Å². The van der Waals surface area contributed by atoms with Crippen LogP contribution in [0, 0.1) is 5.41 Å². The van der Waals surface area contributed by atoms with Crippen LogP contribution in [-0.2, 0) is 9.53 Å². The quantitative estimate of drug-likeness (QED) is 0.109. The number of methoxy groups -OCH3 is 1. The lowest BCUT2D eigenvalue weighted by Crippen LogP contribution is -2.25. The monoisotopic (exact) mass is 660 g/mol. The third-order valence-electron chi connectivity index (χ3n) is 9.23. The number of pyridine rings is 2. The Morgan fingerprint density at radius 1 is 0.600 bits per heavy atom. The zero-order valence-corrected chi connectivity index (χ0v) is 29.1. The molecule has 0 bridgehead atoms. The summed E-state index contributed by atoms with van der Waals surface area (Å²) in [6, 6.07) is 49.9. The number of nitrogens with zero attached hydrogens (tertiary/aromatic N) is 2. The molecule has 0 aliphatic heterocycles. The van der Waals surface area contributed by atoms with Gasteiger partial charge in [0, 0.05) is 28.8 Å². The minimum Gasteiger partial charge on any atom is -0.478 e. The lowest BCUT2D eigenvalue weighted by atomic mass is 9.84. The number of carbonyl (C=O) groups is 1. The van der Waals surface area contributed by atoms with Gasteiger partial charge in [0.25, 0.3) is 0 Å². The maximum atomic E-state index is 12.5. The standard InChI is InChI=1S/C45H44N2O3/c1-45(2,44(48)49-3)27-16-25-37(41-30-38(33-17-8-4-9-18-33)29-40(46-41)35-21-12-6-13-22-35)26-28-50-43-32-39(34-19-10-5-11-20-34)31-42(47-43)36-23-14-7-15-24-36/h4-15,17-24,29-32,37H,16,25-28H2,1-3H3. The summed E-state index contributed by atoms with van der Waals surface area (Å²) in [5.74, 6) is 0.485. The summed E-state index contributed by atoms with van der Waals surface area (Å²) < 4.78 is 11.6. The van der Waals surface area contributed by atoms with Crippen LogP contribution in [0.3, 0.4) is 0 Å². The predicted octanol–water partition coefficient (Wildman–Crippen LogP) is 11.1. The average molecular weight is 661 g/mol. The number of hydrogen-bond donors (Lipinski definition) is 0. The summed E-state index contributed by atoms with van der Waals surface area (Å²) in [5, 5.41) is 0. The molecule has 1 unspecified atom stereocenters.